The lowest BCUT2D eigenvalue weighted by atomic mass is 10.0. The first-order chi connectivity index (χ1) is 7.20. The van der Waals surface area contributed by atoms with Crippen LogP contribution in [0, 0.1) is 23.2 Å². The molecule has 4 heteroatoms. The Balaban J connectivity index is 2.14. The highest BCUT2D eigenvalue weighted by Crippen LogP contribution is 2.25. The maximum atomic E-state index is 8.61. The van der Waals surface area contributed by atoms with Gasteiger partial charge in [-0.1, -0.05) is 13.8 Å². The van der Waals surface area contributed by atoms with Crippen molar-refractivity contribution >= 4 is 5.82 Å². The average Bonchev–Trinajstić information content (AvgIpc) is 2.59. The summed E-state index contributed by atoms with van der Waals surface area (Å²) in [6, 6.07) is 5.56. The minimum atomic E-state index is 0.374. The zero-order chi connectivity index (χ0) is 10.8. The molecule has 2 unspecified atom stereocenters. The molecule has 15 heavy (non-hydrogen) atoms. The maximum absolute atomic E-state index is 8.61. The maximum Gasteiger partial charge on any atom is 0.163 e. The van der Waals surface area contributed by atoms with E-state index in [2.05, 4.69) is 28.9 Å². The largest absolute Gasteiger partial charge is 0.355 e. The van der Waals surface area contributed by atoms with Gasteiger partial charge in [0.25, 0.3) is 0 Å². The Morgan fingerprint density at radius 2 is 1.93 bits per heavy atom. The summed E-state index contributed by atoms with van der Waals surface area (Å²) in [5, 5.41) is 16.5. The van der Waals surface area contributed by atoms with Crippen molar-refractivity contribution in [1.82, 2.24) is 10.2 Å². The molecule has 1 aliphatic rings. The van der Waals surface area contributed by atoms with Crippen LogP contribution in [0.2, 0.25) is 0 Å². The quantitative estimate of drug-likeness (QED) is 0.691. The summed E-state index contributed by atoms with van der Waals surface area (Å²) in [6.07, 6.45) is 0. The van der Waals surface area contributed by atoms with E-state index in [0.29, 0.717) is 17.5 Å². The molecule has 0 spiro atoms. The van der Waals surface area contributed by atoms with Gasteiger partial charge in [-0.25, -0.2) is 0 Å². The standard InChI is InChI=1S/C11H14N4/c1-8-6-15(7-9(8)2)11-4-3-10(5-12)13-14-11/h3-4,8-9H,6-7H2,1-2H3. The molecular formula is C11H14N4. The second-order valence-electron chi connectivity index (χ2n) is 4.25. The van der Waals surface area contributed by atoms with Crippen LogP contribution in [-0.2, 0) is 0 Å². The molecule has 2 atom stereocenters. The Kier molecular flexibility index (Phi) is 2.55. The number of nitriles is 1. The number of hydrogen-bond acceptors (Lipinski definition) is 4. The fourth-order valence-corrected chi connectivity index (χ4v) is 1.87. The summed E-state index contributed by atoms with van der Waals surface area (Å²) in [5.41, 5.74) is 0.374. The van der Waals surface area contributed by atoms with Crippen LogP contribution in [0.15, 0.2) is 12.1 Å². The fourth-order valence-electron chi connectivity index (χ4n) is 1.87. The minimum absolute atomic E-state index is 0.374. The first-order valence-corrected chi connectivity index (χ1v) is 5.19. The molecule has 2 heterocycles. The number of aromatic nitrogens is 2. The third-order valence-electron chi connectivity index (χ3n) is 3.08. The van der Waals surface area contributed by atoms with E-state index in [1.165, 1.54) is 0 Å². The highest BCUT2D eigenvalue weighted by molar-refractivity contribution is 5.40. The summed E-state index contributed by atoms with van der Waals surface area (Å²) < 4.78 is 0. The molecule has 1 saturated heterocycles. The molecule has 1 aliphatic heterocycles. The number of hydrogen-bond donors (Lipinski definition) is 0. The third kappa shape index (κ3) is 1.91. The van der Waals surface area contributed by atoms with E-state index in [1.54, 1.807) is 6.07 Å². The van der Waals surface area contributed by atoms with Crippen molar-refractivity contribution in [3.8, 4) is 6.07 Å². The van der Waals surface area contributed by atoms with E-state index < -0.39 is 0 Å². The first-order valence-electron chi connectivity index (χ1n) is 5.19. The van der Waals surface area contributed by atoms with E-state index in [-0.39, 0.29) is 0 Å². The van der Waals surface area contributed by atoms with Crippen molar-refractivity contribution in [2.75, 3.05) is 18.0 Å². The van der Waals surface area contributed by atoms with Crippen LogP contribution >= 0.6 is 0 Å². The molecule has 0 bridgehead atoms. The summed E-state index contributed by atoms with van der Waals surface area (Å²) in [4.78, 5) is 2.23. The summed E-state index contributed by atoms with van der Waals surface area (Å²) >= 11 is 0. The molecule has 0 amide bonds. The first kappa shape index (κ1) is 9.91. The van der Waals surface area contributed by atoms with Crippen molar-refractivity contribution in [2.45, 2.75) is 13.8 Å². The molecule has 1 aromatic heterocycles. The van der Waals surface area contributed by atoms with Crippen LogP contribution in [0.3, 0.4) is 0 Å². The van der Waals surface area contributed by atoms with Gasteiger partial charge in [0.2, 0.25) is 0 Å². The van der Waals surface area contributed by atoms with E-state index in [1.807, 2.05) is 12.1 Å². The average molecular weight is 202 g/mol. The highest BCUT2D eigenvalue weighted by atomic mass is 15.3. The Labute approximate surface area is 89.5 Å². The second kappa shape index (κ2) is 3.85. The molecule has 2 rings (SSSR count). The van der Waals surface area contributed by atoms with Crippen molar-refractivity contribution < 1.29 is 0 Å². The smallest absolute Gasteiger partial charge is 0.163 e. The predicted molar refractivity (Wildman–Crippen MR) is 57.3 cm³/mol. The van der Waals surface area contributed by atoms with Crippen molar-refractivity contribution in [1.29, 1.82) is 5.26 Å². The zero-order valence-corrected chi connectivity index (χ0v) is 9.01. The molecular weight excluding hydrogens is 188 g/mol. The van der Waals surface area contributed by atoms with Crippen LogP contribution in [0.1, 0.15) is 19.5 Å². The summed E-state index contributed by atoms with van der Waals surface area (Å²) in [5.74, 6) is 2.27. The predicted octanol–water partition coefficient (Wildman–Crippen LogP) is 1.44. The van der Waals surface area contributed by atoms with Gasteiger partial charge in [-0.15, -0.1) is 10.2 Å². The van der Waals surface area contributed by atoms with Crippen LogP contribution in [0.5, 0.6) is 0 Å². The Morgan fingerprint density at radius 1 is 1.27 bits per heavy atom. The lowest BCUT2D eigenvalue weighted by Gasteiger charge is -2.15. The number of nitrogens with zero attached hydrogens (tertiary/aromatic N) is 4. The lowest BCUT2D eigenvalue weighted by molar-refractivity contribution is 0.494. The van der Waals surface area contributed by atoms with Gasteiger partial charge in [-0.05, 0) is 24.0 Å². The zero-order valence-electron chi connectivity index (χ0n) is 9.01. The number of rotatable bonds is 1. The lowest BCUT2D eigenvalue weighted by Crippen LogP contribution is -2.21. The molecule has 78 valence electrons. The van der Waals surface area contributed by atoms with Gasteiger partial charge in [0.05, 0.1) is 0 Å². The van der Waals surface area contributed by atoms with Gasteiger partial charge in [0, 0.05) is 13.1 Å². The van der Waals surface area contributed by atoms with Gasteiger partial charge < -0.3 is 4.90 Å². The van der Waals surface area contributed by atoms with Crippen molar-refractivity contribution in [2.24, 2.45) is 11.8 Å². The molecule has 1 aromatic rings. The Hall–Kier alpha value is -1.63. The summed E-state index contributed by atoms with van der Waals surface area (Å²) in [6.45, 7) is 6.56. The third-order valence-corrected chi connectivity index (χ3v) is 3.08. The van der Waals surface area contributed by atoms with E-state index in [9.17, 15) is 0 Å². The normalized spacial score (nSPS) is 25.3. The second-order valence-corrected chi connectivity index (χ2v) is 4.25. The minimum Gasteiger partial charge on any atom is -0.355 e. The van der Waals surface area contributed by atoms with Gasteiger partial charge >= 0.3 is 0 Å². The van der Waals surface area contributed by atoms with Gasteiger partial charge in [-0.2, -0.15) is 5.26 Å². The van der Waals surface area contributed by atoms with Gasteiger partial charge in [-0.3, -0.25) is 0 Å². The fraction of sp³-hybridized carbons (Fsp3) is 0.545. The monoisotopic (exact) mass is 202 g/mol. The van der Waals surface area contributed by atoms with Crippen molar-refractivity contribution in [3.05, 3.63) is 17.8 Å². The summed E-state index contributed by atoms with van der Waals surface area (Å²) in [7, 11) is 0. The van der Waals surface area contributed by atoms with E-state index in [0.717, 1.165) is 18.9 Å². The number of anilines is 1. The topological polar surface area (TPSA) is 52.8 Å². The van der Waals surface area contributed by atoms with Crippen molar-refractivity contribution in [3.63, 3.8) is 0 Å². The van der Waals surface area contributed by atoms with E-state index in [4.69, 9.17) is 5.26 Å². The molecule has 1 fully saturated rings. The van der Waals surface area contributed by atoms with Gasteiger partial charge in [0.1, 0.15) is 6.07 Å². The van der Waals surface area contributed by atoms with E-state index >= 15 is 0 Å². The van der Waals surface area contributed by atoms with Crippen LogP contribution in [0.25, 0.3) is 0 Å². The molecule has 0 N–H and O–H groups in total. The van der Waals surface area contributed by atoms with Crippen LogP contribution < -0.4 is 4.90 Å². The molecule has 0 saturated carbocycles. The Morgan fingerprint density at radius 3 is 2.40 bits per heavy atom. The molecule has 4 nitrogen and oxygen atoms in total. The van der Waals surface area contributed by atoms with Crippen LogP contribution in [-0.4, -0.2) is 23.3 Å². The highest BCUT2D eigenvalue weighted by Gasteiger charge is 2.26. The molecule has 0 radical (unpaired) electrons. The molecule has 0 aliphatic carbocycles. The molecule has 0 aromatic carbocycles. The van der Waals surface area contributed by atoms with Gasteiger partial charge in [0.15, 0.2) is 11.5 Å². The Bertz CT molecular complexity index is 369. The SMILES string of the molecule is CC1CN(c2ccc(C#N)nn2)CC1C. The van der Waals surface area contributed by atoms with Crippen LogP contribution in [0.4, 0.5) is 5.82 Å².